The second kappa shape index (κ2) is 8.07. The lowest BCUT2D eigenvalue weighted by Gasteiger charge is -2.26. The number of anilines is 1. The summed E-state index contributed by atoms with van der Waals surface area (Å²) in [4.78, 5) is 38.4. The molecule has 1 atom stereocenters. The van der Waals surface area contributed by atoms with E-state index in [4.69, 9.17) is 11.6 Å². The third-order valence-corrected chi connectivity index (χ3v) is 8.39. The van der Waals surface area contributed by atoms with E-state index in [1.807, 2.05) is 0 Å². The first-order valence-electron chi connectivity index (χ1n) is 10.4. The first kappa shape index (κ1) is 22.0. The molecular weight excluding hydrogens is 444 g/mol. The maximum Gasteiger partial charge on any atom is 0.325 e. The Morgan fingerprint density at radius 3 is 2.55 bits per heavy atom. The van der Waals surface area contributed by atoms with Gasteiger partial charge in [0, 0.05) is 13.1 Å². The molecule has 168 valence electrons. The molecule has 2 N–H and O–H groups in total. The smallest absolute Gasteiger partial charge is 0.323 e. The van der Waals surface area contributed by atoms with Crippen LogP contribution in [0.2, 0.25) is 5.02 Å². The molecule has 4 amide bonds. The average Bonchev–Trinajstić information content (AvgIpc) is 3.56. The van der Waals surface area contributed by atoms with Gasteiger partial charge in [0.2, 0.25) is 15.9 Å². The van der Waals surface area contributed by atoms with Crippen molar-refractivity contribution in [3.63, 3.8) is 0 Å². The molecule has 4 rings (SSSR count). The van der Waals surface area contributed by atoms with E-state index in [9.17, 15) is 22.8 Å². The Kier molecular flexibility index (Phi) is 5.74. The fraction of sp³-hybridized carbons (Fsp3) is 0.550. The standard InChI is InChI=1S/C20H25ClN4O5S/c1-20(13-5-6-13)18(27)25(19(28)23-20)12-17(26)22-16-11-14(7-8-15(16)21)31(29,30)24-9-3-2-4-10-24/h7-8,11,13H,2-6,9-10,12H2,1H3,(H,22,26)(H,23,28)/t20-/m0/s1. The van der Waals surface area contributed by atoms with E-state index in [2.05, 4.69) is 10.6 Å². The van der Waals surface area contributed by atoms with Gasteiger partial charge in [0.1, 0.15) is 12.1 Å². The number of imide groups is 1. The summed E-state index contributed by atoms with van der Waals surface area (Å²) in [5.41, 5.74) is -0.862. The number of halogens is 1. The van der Waals surface area contributed by atoms with Crippen molar-refractivity contribution in [2.75, 3.05) is 25.0 Å². The Morgan fingerprint density at radius 2 is 1.90 bits per heavy atom. The molecule has 2 aliphatic heterocycles. The predicted octanol–water partition coefficient (Wildman–Crippen LogP) is 2.17. The van der Waals surface area contributed by atoms with Crippen molar-refractivity contribution < 1.29 is 22.8 Å². The summed E-state index contributed by atoms with van der Waals surface area (Å²) in [5.74, 6) is -0.983. The topological polar surface area (TPSA) is 116 Å². The summed E-state index contributed by atoms with van der Waals surface area (Å²) in [7, 11) is -3.70. The molecule has 0 spiro atoms. The van der Waals surface area contributed by atoms with Crippen LogP contribution in [0.15, 0.2) is 23.1 Å². The highest BCUT2D eigenvalue weighted by Crippen LogP contribution is 2.42. The van der Waals surface area contributed by atoms with E-state index >= 15 is 0 Å². The minimum absolute atomic E-state index is 0.0328. The molecule has 2 saturated heterocycles. The number of carbonyl (C=O) groups excluding carboxylic acids is 3. The highest BCUT2D eigenvalue weighted by molar-refractivity contribution is 7.89. The third-order valence-electron chi connectivity index (χ3n) is 6.16. The van der Waals surface area contributed by atoms with E-state index in [0.717, 1.165) is 37.0 Å². The SMILES string of the molecule is C[C@@]1(C2CC2)NC(=O)N(CC(=O)Nc2cc(S(=O)(=O)N3CCCCC3)ccc2Cl)C1=O. The van der Waals surface area contributed by atoms with Gasteiger partial charge in [0.05, 0.1) is 15.6 Å². The molecule has 9 nitrogen and oxygen atoms in total. The van der Waals surface area contributed by atoms with Crippen LogP contribution in [0.5, 0.6) is 0 Å². The van der Waals surface area contributed by atoms with Crippen molar-refractivity contribution in [1.82, 2.24) is 14.5 Å². The van der Waals surface area contributed by atoms with Gasteiger partial charge in [-0.05, 0) is 56.7 Å². The lowest BCUT2D eigenvalue weighted by atomic mass is 9.96. The van der Waals surface area contributed by atoms with Crippen molar-refractivity contribution in [2.24, 2.45) is 5.92 Å². The van der Waals surface area contributed by atoms with Gasteiger partial charge in [0.25, 0.3) is 5.91 Å². The molecule has 31 heavy (non-hydrogen) atoms. The molecule has 0 aromatic heterocycles. The summed E-state index contributed by atoms with van der Waals surface area (Å²) < 4.78 is 27.2. The normalized spacial score (nSPS) is 24.9. The van der Waals surface area contributed by atoms with Crippen molar-refractivity contribution in [3.8, 4) is 0 Å². The number of nitrogens with one attached hydrogen (secondary N) is 2. The molecule has 0 unspecified atom stereocenters. The summed E-state index contributed by atoms with van der Waals surface area (Å²) in [6.45, 7) is 2.11. The van der Waals surface area contributed by atoms with Crippen LogP contribution in [0.25, 0.3) is 0 Å². The highest BCUT2D eigenvalue weighted by atomic mass is 35.5. The summed E-state index contributed by atoms with van der Waals surface area (Å²) >= 11 is 6.16. The van der Waals surface area contributed by atoms with Crippen LogP contribution in [0.4, 0.5) is 10.5 Å². The minimum atomic E-state index is -3.70. The molecule has 3 fully saturated rings. The van der Waals surface area contributed by atoms with E-state index in [1.54, 1.807) is 6.92 Å². The Hall–Kier alpha value is -2.17. The van der Waals surface area contributed by atoms with Crippen molar-refractivity contribution in [1.29, 1.82) is 0 Å². The summed E-state index contributed by atoms with van der Waals surface area (Å²) in [6.07, 6.45) is 4.33. The van der Waals surface area contributed by atoms with Crippen LogP contribution in [-0.4, -0.2) is 60.6 Å². The lowest BCUT2D eigenvalue weighted by molar-refractivity contribution is -0.134. The van der Waals surface area contributed by atoms with Gasteiger partial charge in [0.15, 0.2) is 0 Å². The van der Waals surface area contributed by atoms with E-state index < -0.39 is 40.0 Å². The largest absolute Gasteiger partial charge is 0.325 e. The Balaban J connectivity index is 1.48. The first-order valence-corrected chi connectivity index (χ1v) is 12.2. The van der Waals surface area contributed by atoms with E-state index in [-0.39, 0.29) is 21.5 Å². The Morgan fingerprint density at radius 1 is 1.23 bits per heavy atom. The van der Waals surface area contributed by atoms with Crippen molar-refractivity contribution in [3.05, 3.63) is 23.2 Å². The molecule has 0 bridgehead atoms. The monoisotopic (exact) mass is 468 g/mol. The average molecular weight is 469 g/mol. The molecule has 2 heterocycles. The van der Waals surface area contributed by atoms with Crippen LogP contribution in [0.3, 0.4) is 0 Å². The van der Waals surface area contributed by atoms with Crippen molar-refractivity contribution in [2.45, 2.75) is 49.5 Å². The summed E-state index contributed by atoms with van der Waals surface area (Å²) in [5, 5.41) is 5.38. The Bertz CT molecular complexity index is 1040. The van der Waals surface area contributed by atoms with Crippen LogP contribution in [0, 0.1) is 5.92 Å². The van der Waals surface area contributed by atoms with Gasteiger partial charge in [-0.3, -0.25) is 14.5 Å². The second-order valence-corrected chi connectivity index (χ2v) is 10.8. The van der Waals surface area contributed by atoms with E-state index in [0.29, 0.717) is 13.1 Å². The van der Waals surface area contributed by atoms with Gasteiger partial charge < -0.3 is 10.6 Å². The van der Waals surface area contributed by atoms with Gasteiger partial charge in [-0.25, -0.2) is 13.2 Å². The first-order chi connectivity index (χ1) is 14.6. The maximum atomic E-state index is 12.9. The number of nitrogens with zero attached hydrogens (tertiary/aromatic N) is 2. The van der Waals surface area contributed by atoms with Crippen LogP contribution in [-0.2, 0) is 19.6 Å². The number of sulfonamides is 1. The fourth-order valence-corrected chi connectivity index (χ4v) is 5.85. The zero-order valence-corrected chi connectivity index (χ0v) is 18.8. The summed E-state index contributed by atoms with van der Waals surface area (Å²) in [6, 6.07) is 3.51. The number of urea groups is 1. The van der Waals surface area contributed by atoms with Gasteiger partial charge in [-0.15, -0.1) is 0 Å². The number of hydrogen-bond acceptors (Lipinski definition) is 5. The number of carbonyl (C=O) groups is 3. The van der Waals surface area contributed by atoms with Crippen LogP contribution >= 0.6 is 11.6 Å². The molecule has 1 aromatic rings. The molecule has 1 aliphatic carbocycles. The van der Waals surface area contributed by atoms with Crippen LogP contribution in [0.1, 0.15) is 39.0 Å². The molecule has 1 aromatic carbocycles. The molecular formula is C20H25ClN4O5S. The van der Waals surface area contributed by atoms with Gasteiger partial charge in [-0.2, -0.15) is 4.31 Å². The number of rotatable bonds is 6. The minimum Gasteiger partial charge on any atom is -0.323 e. The number of hydrogen-bond donors (Lipinski definition) is 2. The van der Waals surface area contributed by atoms with E-state index in [1.165, 1.54) is 22.5 Å². The fourth-order valence-electron chi connectivity index (χ4n) is 4.14. The molecule has 0 radical (unpaired) electrons. The van der Waals surface area contributed by atoms with Crippen molar-refractivity contribution >= 4 is 45.2 Å². The van der Waals surface area contributed by atoms with Gasteiger partial charge >= 0.3 is 6.03 Å². The lowest BCUT2D eigenvalue weighted by Crippen LogP contribution is -2.46. The number of amides is 4. The highest BCUT2D eigenvalue weighted by Gasteiger charge is 2.56. The zero-order valence-electron chi connectivity index (χ0n) is 17.2. The Labute approximate surface area is 186 Å². The van der Waals surface area contributed by atoms with Gasteiger partial charge in [-0.1, -0.05) is 18.0 Å². The molecule has 3 aliphatic rings. The second-order valence-electron chi connectivity index (χ2n) is 8.45. The third kappa shape index (κ3) is 4.16. The quantitative estimate of drug-likeness (QED) is 0.621. The zero-order chi connectivity index (χ0) is 22.4. The number of benzene rings is 1. The molecule has 11 heteroatoms. The number of piperidine rings is 1. The maximum absolute atomic E-state index is 12.9. The predicted molar refractivity (Wildman–Crippen MR) is 114 cm³/mol. The molecule has 1 saturated carbocycles. The van der Waals surface area contributed by atoms with Crippen LogP contribution < -0.4 is 10.6 Å².